The van der Waals surface area contributed by atoms with Crippen LogP contribution in [0.1, 0.15) is 30.9 Å². The molecule has 0 bridgehead atoms. The number of carbonyl (C=O) groups excluding carboxylic acids is 1. The fourth-order valence-corrected chi connectivity index (χ4v) is 3.42. The molecule has 1 N–H and O–H groups in total. The Bertz CT molecular complexity index is 840. The Kier molecular flexibility index (Phi) is 6.35. The summed E-state index contributed by atoms with van der Waals surface area (Å²) in [7, 11) is 0. The number of phenolic OH excluding ortho intramolecular Hbond substituents is 1. The molecule has 0 unspecified atom stereocenters. The van der Waals surface area contributed by atoms with E-state index in [1.54, 1.807) is 6.92 Å². The van der Waals surface area contributed by atoms with Crippen LogP contribution in [0.2, 0.25) is 0 Å². The van der Waals surface area contributed by atoms with Gasteiger partial charge in [-0.05, 0) is 32.6 Å². The second-order valence-electron chi connectivity index (χ2n) is 6.76. The number of benzene rings is 2. The van der Waals surface area contributed by atoms with Gasteiger partial charge in [0.25, 0.3) is 0 Å². The van der Waals surface area contributed by atoms with Crippen LogP contribution in [0.5, 0.6) is 11.5 Å². The minimum absolute atomic E-state index is 0.198. The summed E-state index contributed by atoms with van der Waals surface area (Å²) in [5.74, 6) is 0.843. The van der Waals surface area contributed by atoms with E-state index in [0.717, 1.165) is 53.3 Å². The maximum absolute atomic E-state index is 11.3. The first-order valence-corrected chi connectivity index (χ1v) is 9.38. The highest BCUT2D eigenvalue weighted by Crippen LogP contribution is 2.43. The highest BCUT2D eigenvalue weighted by atomic mass is 16.6. The van der Waals surface area contributed by atoms with Crippen LogP contribution in [0, 0.1) is 0 Å². The number of hydrogen-bond acceptors (Lipinski definition) is 5. The molecule has 0 fully saturated rings. The fourth-order valence-electron chi connectivity index (χ4n) is 3.42. The number of phenols is 1. The number of ether oxygens (including phenoxy) is 3. The molecule has 2 aromatic rings. The van der Waals surface area contributed by atoms with Gasteiger partial charge >= 0.3 is 5.97 Å². The number of carbonyl (C=O) groups is 1. The van der Waals surface area contributed by atoms with Crippen molar-refractivity contribution in [1.29, 1.82) is 0 Å². The Morgan fingerprint density at radius 1 is 1.04 bits per heavy atom. The highest BCUT2D eigenvalue weighted by molar-refractivity contribution is 5.96. The first-order chi connectivity index (χ1) is 13.1. The number of hydrogen-bond donors (Lipinski definition) is 1. The minimum atomic E-state index is -0.406. The Hall–Kier alpha value is -2.53. The molecule has 5 heteroatoms. The van der Waals surface area contributed by atoms with Gasteiger partial charge in [-0.1, -0.05) is 30.8 Å². The number of fused-ring (bicyclic) bond motifs is 2. The maximum atomic E-state index is 11.3. The minimum Gasteiger partial charge on any atom is -0.507 e. The third-order valence-electron chi connectivity index (χ3n) is 4.74. The summed E-state index contributed by atoms with van der Waals surface area (Å²) in [5.41, 5.74) is 2.51. The lowest BCUT2D eigenvalue weighted by Crippen LogP contribution is -2.15. The van der Waals surface area contributed by atoms with E-state index in [2.05, 4.69) is 6.58 Å². The van der Waals surface area contributed by atoms with Gasteiger partial charge in [0.1, 0.15) is 24.7 Å². The number of aromatic hydroxyl groups is 1. The summed E-state index contributed by atoms with van der Waals surface area (Å²) in [6.45, 7) is 6.45. The molecule has 5 nitrogen and oxygen atoms in total. The van der Waals surface area contributed by atoms with Crippen LogP contribution in [0.3, 0.4) is 0 Å². The lowest BCUT2D eigenvalue weighted by molar-refractivity contribution is -0.140. The van der Waals surface area contributed by atoms with Crippen molar-refractivity contribution < 1.29 is 24.1 Å². The number of esters is 1. The van der Waals surface area contributed by atoms with Gasteiger partial charge in [-0.15, -0.1) is 0 Å². The molecule has 0 heterocycles. The monoisotopic (exact) mass is 370 g/mol. The SMILES string of the molecule is C=C(C)C(=O)OCCOCCOc1c2c(c(O)c3ccccc13)CCCC2. The third kappa shape index (κ3) is 4.42. The first kappa shape index (κ1) is 19.2. The lowest BCUT2D eigenvalue weighted by atomic mass is 9.87. The molecule has 0 saturated carbocycles. The van der Waals surface area contributed by atoms with Crippen LogP contribution in [0.15, 0.2) is 36.4 Å². The molecular formula is C22H26O5. The summed E-state index contributed by atoms with van der Waals surface area (Å²) >= 11 is 0. The molecule has 0 amide bonds. The van der Waals surface area contributed by atoms with Gasteiger partial charge in [-0.3, -0.25) is 0 Å². The zero-order valence-electron chi connectivity index (χ0n) is 15.8. The smallest absolute Gasteiger partial charge is 0.333 e. The van der Waals surface area contributed by atoms with Crippen molar-refractivity contribution >= 4 is 16.7 Å². The van der Waals surface area contributed by atoms with Gasteiger partial charge in [0, 0.05) is 27.5 Å². The summed E-state index contributed by atoms with van der Waals surface area (Å²) in [5, 5.41) is 12.4. The van der Waals surface area contributed by atoms with E-state index in [0.29, 0.717) is 31.1 Å². The molecule has 0 atom stereocenters. The first-order valence-electron chi connectivity index (χ1n) is 9.38. The van der Waals surface area contributed by atoms with Crippen LogP contribution in [0.4, 0.5) is 0 Å². The molecule has 0 aromatic heterocycles. The van der Waals surface area contributed by atoms with Crippen LogP contribution in [-0.4, -0.2) is 37.5 Å². The van der Waals surface area contributed by atoms with E-state index in [9.17, 15) is 9.90 Å². The van der Waals surface area contributed by atoms with E-state index in [1.807, 2.05) is 24.3 Å². The molecule has 2 aromatic carbocycles. The topological polar surface area (TPSA) is 65.0 Å². The molecule has 3 rings (SSSR count). The Labute approximate surface area is 159 Å². The summed E-state index contributed by atoms with van der Waals surface area (Å²) in [4.78, 5) is 11.3. The molecular weight excluding hydrogens is 344 g/mol. The molecule has 144 valence electrons. The zero-order valence-corrected chi connectivity index (χ0v) is 15.8. The predicted octanol–water partition coefficient (Wildman–Crippen LogP) is 3.94. The van der Waals surface area contributed by atoms with Crippen molar-refractivity contribution in [2.45, 2.75) is 32.6 Å². The van der Waals surface area contributed by atoms with Gasteiger partial charge in [0.2, 0.25) is 0 Å². The lowest BCUT2D eigenvalue weighted by Gasteiger charge is -2.23. The van der Waals surface area contributed by atoms with Crippen molar-refractivity contribution in [3.8, 4) is 11.5 Å². The Morgan fingerprint density at radius 3 is 2.44 bits per heavy atom. The van der Waals surface area contributed by atoms with Crippen molar-refractivity contribution in [1.82, 2.24) is 0 Å². The molecule has 1 aliphatic rings. The molecule has 1 aliphatic carbocycles. The molecule has 0 spiro atoms. The number of rotatable bonds is 8. The fraction of sp³-hybridized carbons (Fsp3) is 0.409. The molecule has 0 saturated heterocycles. The van der Waals surface area contributed by atoms with Crippen molar-refractivity contribution in [3.63, 3.8) is 0 Å². The van der Waals surface area contributed by atoms with Gasteiger partial charge in [0.15, 0.2) is 0 Å². The van der Waals surface area contributed by atoms with Gasteiger partial charge < -0.3 is 19.3 Å². The van der Waals surface area contributed by atoms with E-state index in [1.165, 1.54) is 0 Å². The van der Waals surface area contributed by atoms with Crippen LogP contribution in [0.25, 0.3) is 10.8 Å². The summed E-state index contributed by atoms with van der Waals surface area (Å²) in [6, 6.07) is 7.79. The van der Waals surface area contributed by atoms with Gasteiger partial charge in [-0.2, -0.15) is 0 Å². The quantitative estimate of drug-likeness (QED) is 0.433. The van der Waals surface area contributed by atoms with E-state index in [-0.39, 0.29) is 6.61 Å². The predicted molar refractivity (Wildman–Crippen MR) is 104 cm³/mol. The highest BCUT2D eigenvalue weighted by Gasteiger charge is 2.22. The van der Waals surface area contributed by atoms with Crippen molar-refractivity contribution in [2.75, 3.05) is 26.4 Å². The average molecular weight is 370 g/mol. The Balaban J connectivity index is 1.61. The van der Waals surface area contributed by atoms with Crippen LogP contribution < -0.4 is 4.74 Å². The van der Waals surface area contributed by atoms with E-state index >= 15 is 0 Å². The van der Waals surface area contributed by atoms with Crippen molar-refractivity contribution in [3.05, 3.63) is 47.5 Å². The van der Waals surface area contributed by atoms with Crippen LogP contribution in [-0.2, 0) is 27.1 Å². The van der Waals surface area contributed by atoms with E-state index < -0.39 is 5.97 Å². The summed E-state index contributed by atoms with van der Waals surface area (Å²) in [6.07, 6.45) is 3.99. The van der Waals surface area contributed by atoms with Crippen LogP contribution >= 0.6 is 0 Å². The molecule has 0 radical (unpaired) electrons. The molecule has 27 heavy (non-hydrogen) atoms. The van der Waals surface area contributed by atoms with Crippen molar-refractivity contribution in [2.24, 2.45) is 0 Å². The van der Waals surface area contributed by atoms with Gasteiger partial charge in [-0.25, -0.2) is 4.79 Å². The average Bonchev–Trinajstić information content (AvgIpc) is 2.69. The second kappa shape index (κ2) is 8.91. The standard InChI is InChI=1S/C22H26O5/c1-15(2)22(24)27-14-12-25-11-13-26-21-18-9-5-3-7-16(18)20(23)17-8-4-6-10-19(17)21/h3,5,7,9,23H,1,4,6,8,10-14H2,2H3. The third-order valence-corrected chi connectivity index (χ3v) is 4.74. The Morgan fingerprint density at radius 2 is 1.70 bits per heavy atom. The van der Waals surface area contributed by atoms with E-state index in [4.69, 9.17) is 14.2 Å². The summed E-state index contributed by atoms with van der Waals surface area (Å²) < 4.78 is 16.5. The second-order valence-corrected chi connectivity index (χ2v) is 6.76. The normalized spacial score (nSPS) is 13.2. The van der Waals surface area contributed by atoms with Gasteiger partial charge in [0.05, 0.1) is 13.2 Å². The molecule has 0 aliphatic heterocycles. The zero-order chi connectivity index (χ0) is 19.2. The maximum Gasteiger partial charge on any atom is 0.333 e. The largest absolute Gasteiger partial charge is 0.507 e.